The molecule has 0 aliphatic rings. The van der Waals surface area contributed by atoms with Crippen LogP contribution in [-0.2, 0) is 32.6 Å². The Hall–Kier alpha value is -3.85. The van der Waals surface area contributed by atoms with Crippen molar-refractivity contribution in [3.8, 4) is 0 Å². The molecular weight excluding hydrogens is 629 g/mol. The van der Waals surface area contributed by atoms with Crippen LogP contribution in [0.3, 0.4) is 0 Å². The molecule has 0 unspecified atom stereocenters. The number of nitrogens with zero attached hydrogens (tertiary/aromatic N) is 2. The number of benzene rings is 4. The first kappa shape index (κ1) is 34.0. The maximum Gasteiger partial charge on any atom is 0.264 e. The summed E-state index contributed by atoms with van der Waals surface area (Å²) < 4.78 is 29.4. The fourth-order valence-electron chi connectivity index (χ4n) is 4.90. The Labute approximate surface area is 275 Å². The first-order valence-corrected chi connectivity index (χ1v) is 16.7. The van der Waals surface area contributed by atoms with Crippen LogP contribution in [0.4, 0.5) is 5.69 Å². The van der Waals surface area contributed by atoms with Crippen LogP contribution in [-0.4, -0.2) is 43.3 Å². The van der Waals surface area contributed by atoms with Gasteiger partial charge in [0.2, 0.25) is 11.8 Å². The molecule has 0 bridgehead atoms. The monoisotopic (exact) mass is 665 g/mol. The molecule has 0 saturated heterocycles. The maximum absolute atomic E-state index is 14.6. The summed E-state index contributed by atoms with van der Waals surface area (Å²) >= 11 is 12.9. The summed E-state index contributed by atoms with van der Waals surface area (Å²) in [7, 11) is -4.24. The molecule has 1 atom stereocenters. The van der Waals surface area contributed by atoms with Gasteiger partial charge in [0.25, 0.3) is 10.0 Å². The summed E-state index contributed by atoms with van der Waals surface area (Å²) in [6, 6.07) is 28.2. The van der Waals surface area contributed by atoms with Gasteiger partial charge in [-0.25, -0.2) is 8.42 Å². The molecule has 0 saturated carbocycles. The summed E-state index contributed by atoms with van der Waals surface area (Å²) in [5.74, 6) is -0.957. The number of halogens is 2. The first-order chi connectivity index (χ1) is 21.3. The van der Waals surface area contributed by atoms with Crippen LogP contribution in [0.5, 0.6) is 0 Å². The van der Waals surface area contributed by atoms with Crippen molar-refractivity contribution >= 4 is 50.7 Å². The number of hydrogen-bond acceptors (Lipinski definition) is 4. The molecule has 1 N–H and O–H groups in total. The maximum atomic E-state index is 14.6. The number of rotatable bonds is 11. The minimum Gasteiger partial charge on any atom is -0.350 e. The van der Waals surface area contributed by atoms with E-state index in [0.29, 0.717) is 21.2 Å². The summed E-state index contributed by atoms with van der Waals surface area (Å²) in [4.78, 5) is 30.0. The summed E-state index contributed by atoms with van der Waals surface area (Å²) in [6.45, 7) is 6.72. The van der Waals surface area contributed by atoms with Gasteiger partial charge in [-0.3, -0.25) is 13.9 Å². The SMILES string of the molecule is Cc1ccc(Cl)cc1N(CC(=O)N(Cc1ccccc1Cl)[C@@H](Cc1ccccc1)C(=O)NC(C)(C)C)S(=O)(=O)c1ccccc1. The van der Waals surface area contributed by atoms with E-state index in [1.54, 1.807) is 61.5 Å². The van der Waals surface area contributed by atoms with E-state index < -0.39 is 34.1 Å². The van der Waals surface area contributed by atoms with E-state index >= 15 is 0 Å². The van der Waals surface area contributed by atoms with Crippen molar-refractivity contribution in [3.05, 3.63) is 130 Å². The fourth-order valence-corrected chi connectivity index (χ4v) is 6.75. The normalized spacial score (nSPS) is 12.3. The van der Waals surface area contributed by atoms with Gasteiger partial charge < -0.3 is 10.2 Å². The molecule has 0 radical (unpaired) electrons. The van der Waals surface area contributed by atoms with E-state index in [2.05, 4.69) is 5.32 Å². The molecule has 2 amide bonds. The van der Waals surface area contributed by atoms with Gasteiger partial charge in [0.1, 0.15) is 12.6 Å². The zero-order valence-corrected chi connectivity index (χ0v) is 28.0. The molecule has 236 valence electrons. The summed E-state index contributed by atoms with van der Waals surface area (Å²) in [6.07, 6.45) is 0.195. The molecule has 45 heavy (non-hydrogen) atoms. The van der Waals surface area contributed by atoms with Crippen molar-refractivity contribution in [2.45, 2.75) is 57.1 Å². The molecule has 4 aromatic rings. The van der Waals surface area contributed by atoms with Gasteiger partial charge >= 0.3 is 0 Å². The predicted molar refractivity (Wildman–Crippen MR) is 181 cm³/mol. The van der Waals surface area contributed by atoms with Crippen molar-refractivity contribution in [1.29, 1.82) is 0 Å². The number of sulfonamides is 1. The van der Waals surface area contributed by atoms with Crippen LogP contribution in [0.15, 0.2) is 108 Å². The molecule has 0 aliphatic heterocycles. The number of carbonyl (C=O) groups excluding carboxylic acids is 2. The van der Waals surface area contributed by atoms with Gasteiger partial charge in [-0.05, 0) is 74.7 Å². The molecular formula is C35H37Cl2N3O4S. The lowest BCUT2D eigenvalue weighted by Gasteiger charge is -2.35. The standard InChI is InChI=1S/C35H37Cl2N3O4S/c1-25-19-20-28(36)22-31(25)40(45(43,44)29-16-9-6-10-17-29)24-33(41)39(23-27-15-11-12-18-30(27)37)32(34(42)38-35(2,3)4)21-26-13-7-5-8-14-26/h5-20,22,32H,21,23-24H2,1-4H3,(H,38,42)/t32-/m0/s1. The Balaban J connectivity index is 1.85. The summed E-state index contributed by atoms with van der Waals surface area (Å²) in [5.41, 5.74) is 1.73. The molecule has 4 rings (SSSR count). The number of carbonyl (C=O) groups is 2. The minimum absolute atomic E-state index is 0.0149. The zero-order chi connectivity index (χ0) is 32.8. The van der Waals surface area contributed by atoms with E-state index in [-0.39, 0.29) is 29.5 Å². The summed E-state index contributed by atoms with van der Waals surface area (Å²) in [5, 5.41) is 3.75. The van der Waals surface area contributed by atoms with Gasteiger partial charge in [0.15, 0.2) is 0 Å². The Kier molecular flexibility index (Phi) is 11.0. The van der Waals surface area contributed by atoms with Gasteiger partial charge in [0.05, 0.1) is 10.6 Å². The third kappa shape index (κ3) is 8.87. The Morgan fingerprint density at radius 2 is 1.44 bits per heavy atom. The van der Waals surface area contributed by atoms with Gasteiger partial charge in [-0.2, -0.15) is 0 Å². The average molecular weight is 667 g/mol. The van der Waals surface area contributed by atoms with E-state index in [9.17, 15) is 18.0 Å². The Morgan fingerprint density at radius 3 is 2.07 bits per heavy atom. The Bertz CT molecular complexity index is 1740. The van der Waals surface area contributed by atoms with Crippen LogP contribution in [0.25, 0.3) is 0 Å². The lowest BCUT2D eigenvalue weighted by molar-refractivity contribution is -0.140. The van der Waals surface area contributed by atoms with E-state index in [4.69, 9.17) is 23.2 Å². The molecule has 0 aromatic heterocycles. The van der Waals surface area contributed by atoms with Gasteiger partial charge in [0, 0.05) is 28.5 Å². The topological polar surface area (TPSA) is 86.8 Å². The highest BCUT2D eigenvalue weighted by Crippen LogP contribution is 2.30. The molecule has 0 heterocycles. The van der Waals surface area contributed by atoms with Crippen LogP contribution in [0.1, 0.15) is 37.5 Å². The first-order valence-electron chi connectivity index (χ1n) is 14.5. The lowest BCUT2D eigenvalue weighted by atomic mass is 10.0. The Morgan fingerprint density at radius 1 is 0.844 bits per heavy atom. The molecule has 7 nitrogen and oxygen atoms in total. The third-order valence-corrected chi connectivity index (χ3v) is 9.50. The molecule has 4 aromatic carbocycles. The molecule has 0 aliphatic carbocycles. The molecule has 10 heteroatoms. The number of anilines is 1. The highest BCUT2D eigenvalue weighted by atomic mass is 35.5. The second kappa shape index (κ2) is 14.5. The predicted octanol–water partition coefficient (Wildman–Crippen LogP) is 7.05. The van der Waals surface area contributed by atoms with Crippen molar-refractivity contribution in [2.75, 3.05) is 10.8 Å². The van der Waals surface area contributed by atoms with Crippen molar-refractivity contribution in [2.24, 2.45) is 0 Å². The highest BCUT2D eigenvalue weighted by molar-refractivity contribution is 7.92. The number of amides is 2. The van der Waals surface area contributed by atoms with Crippen LogP contribution in [0, 0.1) is 6.92 Å². The largest absolute Gasteiger partial charge is 0.350 e. The highest BCUT2D eigenvalue weighted by Gasteiger charge is 2.36. The number of aryl methyl sites for hydroxylation is 1. The van der Waals surface area contributed by atoms with E-state index in [1.165, 1.54) is 23.1 Å². The second-order valence-corrected chi connectivity index (χ2v) is 14.5. The van der Waals surface area contributed by atoms with E-state index in [0.717, 1.165) is 9.87 Å². The van der Waals surface area contributed by atoms with E-state index in [1.807, 2.05) is 51.1 Å². The van der Waals surface area contributed by atoms with Crippen LogP contribution < -0.4 is 9.62 Å². The van der Waals surface area contributed by atoms with Crippen molar-refractivity contribution < 1.29 is 18.0 Å². The fraction of sp³-hybridized carbons (Fsp3) is 0.257. The molecule has 0 fully saturated rings. The van der Waals surface area contributed by atoms with Gasteiger partial charge in [-0.15, -0.1) is 0 Å². The average Bonchev–Trinajstić information content (AvgIpc) is 2.99. The smallest absolute Gasteiger partial charge is 0.264 e. The second-order valence-electron chi connectivity index (χ2n) is 11.8. The lowest BCUT2D eigenvalue weighted by Crippen LogP contribution is -2.56. The third-order valence-electron chi connectivity index (χ3n) is 7.12. The number of hydrogen-bond donors (Lipinski definition) is 1. The van der Waals surface area contributed by atoms with Crippen molar-refractivity contribution in [1.82, 2.24) is 10.2 Å². The van der Waals surface area contributed by atoms with Gasteiger partial charge in [-0.1, -0.05) is 96.0 Å². The quantitative estimate of drug-likeness (QED) is 0.186. The number of nitrogens with one attached hydrogen (secondary N) is 1. The molecule has 0 spiro atoms. The zero-order valence-electron chi connectivity index (χ0n) is 25.7. The minimum atomic E-state index is -4.24. The van der Waals surface area contributed by atoms with Crippen LogP contribution >= 0.6 is 23.2 Å². The van der Waals surface area contributed by atoms with Crippen molar-refractivity contribution in [3.63, 3.8) is 0 Å². The van der Waals surface area contributed by atoms with Crippen LogP contribution in [0.2, 0.25) is 10.0 Å².